The summed E-state index contributed by atoms with van der Waals surface area (Å²) in [5.41, 5.74) is 8.94. The third kappa shape index (κ3) is 3.42. The van der Waals surface area contributed by atoms with Gasteiger partial charge in [0.1, 0.15) is 0 Å². The summed E-state index contributed by atoms with van der Waals surface area (Å²) in [6, 6.07) is 14.2. The fraction of sp³-hybridized carbons (Fsp3) is 0.143. The van der Waals surface area contributed by atoms with Crippen LogP contribution < -0.4 is 5.73 Å². The highest BCUT2D eigenvalue weighted by Crippen LogP contribution is 2.31. The second-order valence-corrected chi connectivity index (χ2v) is 5.39. The van der Waals surface area contributed by atoms with Gasteiger partial charge in [-0.2, -0.15) is 0 Å². The monoisotopic (exact) mass is 263 g/mol. The molecule has 2 rings (SSSR count). The second-order valence-electron chi connectivity index (χ2n) is 3.96. The van der Waals surface area contributed by atoms with Gasteiger partial charge in [-0.3, -0.25) is 0 Å². The Morgan fingerprint density at radius 2 is 1.82 bits per heavy atom. The number of anilines is 1. The van der Waals surface area contributed by atoms with Gasteiger partial charge in [-0.15, -0.1) is 11.8 Å². The second kappa shape index (κ2) is 5.48. The molecule has 2 aromatic rings. The van der Waals surface area contributed by atoms with E-state index < -0.39 is 0 Å². The highest BCUT2D eigenvalue weighted by atomic mass is 35.5. The number of benzene rings is 2. The molecule has 0 radical (unpaired) electrons. The summed E-state index contributed by atoms with van der Waals surface area (Å²) < 4.78 is 0. The Hall–Kier alpha value is -1.12. The van der Waals surface area contributed by atoms with Gasteiger partial charge in [0.05, 0.1) is 5.02 Å². The summed E-state index contributed by atoms with van der Waals surface area (Å²) in [6.45, 7) is 2.09. The number of hydrogen-bond acceptors (Lipinski definition) is 2. The molecule has 0 heterocycles. The van der Waals surface area contributed by atoms with Crippen LogP contribution in [0.15, 0.2) is 47.4 Å². The molecule has 0 saturated heterocycles. The summed E-state index contributed by atoms with van der Waals surface area (Å²) >= 11 is 7.85. The van der Waals surface area contributed by atoms with Crippen LogP contribution in [-0.2, 0) is 5.75 Å². The fourth-order valence-corrected chi connectivity index (χ4v) is 2.71. The Balaban J connectivity index is 2.04. The van der Waals surface area contributed by atoms with Crippen molar-refractivity contribution in [1.29, 1.82) is 0 Å². The van der Waals surface area contributed by atoms with Gasteiger partial charge in [-0.1, -0.05) is 41.4 Å². The molecule has 0 aromatic heterocycles. The average Bonchev–Trinajstić information content (AvgIpc) is 2.30. The molecule has 0 atom stereocenters. The zero-order valence-corrected chi connectivity index (χ0v) is 11.2. The van der Waals surface area contributed by atoms with Crippen LogP contribution in [-0.4, -0.2) is 0 Å². The molecule has 3 heteroatoms. The number of thioether (sulfide) groups is 1. The van der Waals surface area contributed by atoms with Crippen molar-refractivity contribution in [2.45, 2.75) is 17.6 Å². The van der Waals surface area contributed by atoms with E-state index in [1.165, 1.54) is 11.1 Å². The van der Waals surface area contributed by atoms with E-state index in [2.05, 4.69) is 31.2 Å². The van der Waals surface area contributed by atoms with Crippen molar-refractivity contribution < 1.29 is 0 Å². The van der Waals surface area contributed by atoms with E-state index in [4.69, 9.17) is 17.3 Å². The van der Waals surface area contributed by atoms with Gasteiger partial charge in [0.2, 0.25) is 0 Å². The quantitative estimate of drug-likeness (QED) is 0.651. The van der Waals surface area contributed by atoms with Gasteiger partial charge in [0, 0.05) is 16.3 Å². The molecule has 0 aliphatic carbocycles. The van der Waals surface area contributed by atoms with Crippen LogP contribution in [0.5, 0.6) is 0 Å². The van der Waals surface area contributed by atoms with Gasteiger partial charge in [0.15, 0.2) is 0 Å². The van der Waals surface area contributed by atoms with Crippen molar-refractivity contribution in [3.63, 3.8) is 0 Å². The van der Waals surface area contributed by atoms with Gasteiger partial charge < -0.3 is 5.73 Å². The van der Waals surface area contributed by atoms with E-state index in [-0.39, 0.29) is 0 Å². The largest absolute Gasteiger partial charge is 0.399 e. The number of hydrogen-bond donors (Lipinski definition) is 1. The summed E-state index contributed by atoms with van der Waals surface area (Å²) in [5.74, 6) is 0.921. The summed E-state index contributed by atoms with van der Waals surface area (Å²) in [7, 11) is 0. The van der Waals surface area contributed by atoms with Gasteiger partial charge in [-0.05, 0) is 30.7 Å². The van der Waals surface area contributed by atoms with E-state index in [0.717, 1.165) is 15.7 Å². The molecule has 0 fully saturated rings. The third-order valence-electron chi connectivity index (χ3n) is 2.47. The molecule has 0 unspecified atom stereocenters. The zero-order valence-electron chi connectivity index (χ0n) is 9.61. The predicted octanol–water partition coefficient (Wildman–Crippen LogP) is 4.52. The lowest BCUT2D eigenvalue weighted by molar-refractivity contribution is 1.35. The van der Waals surface area contributed by atoms with Crippen LogP contribution in [0, 0.1) is 6.92 Å². The normalized spacial score (nSPS) is 10.5. The van der Waals surface area contributed by atoms with Crippen molar-refractivity contribution in [3.8, 4) is 0 Å². The lowest BCUT2D eigenvalue weighted by Crippen LogP contribution is -1.86. The Kier molecular flexibility index (Phi) is 3.97. The number of halogens is 1. The van der Waals surface area contributed by atoms with Gasteiger partial charge >= 0.3 is 0 Å². The van der Waals surface area contributed by atoms with Crippen molar-refractivity contribution in [3.05, 3.63) is 58.6 Å². The third-order valence-corrected chi connectivity index (χ3v) is 4.04. The van der Waals surface area contributed by atoms with Crippen LogP contribution in [0.4, 0.5) is 5.69 Å². The van der Waals surface area contributed by atoms with Crippen LogP contribution in [0.3, 0.4) is 0 Å². The maximum Gasteiger partial charge on any atom is 0.0562 e. The van der Waals surface area contributed by atoms with E-state index in [1.54, 1.807) is 17.8 Å². The van der Waals surface area contributed by atoms with Gasteiger partial charge in [0.25, 0.3) is 0 Å². The first-order chi connectivity index (χ1) is 8.15. The Morgan fingerprint density at radius 3 is 2.47 bits per heavy atom. The van der Waals surface area contributed by atoms with Crippen molar-refractivity contribution in [2.24, 2.45) is 0 Å². The first kappa shape index (κ1) is 12.3. The SMILES string of the molecule is Cc1ccc(CSc2ccc(N)cc2Cl)cc1. The average molecular weight is 264 g/mol. The van der Waals surface area contributed by atoms with E-state index >= 15 is 0 Å². The summed E-state index contributed by atoms with van der Waals surface area (Å²) in [6.07, 6.45) is 0. The standard InChI is InChI=1S/C14H14ClNS/c1-10-2-4-11(5-3-10)9-17-14-7-6-12(16)8-13(14)15/h2-8H,9,16H2,1H3. The molecule has 0 aliphatic heterocycles. The molecule has 2 N–H and O–H groups in total. The predicted molar refractivity (Wildman–Crippen MR) is 76.6 cm³/mol. The van der Waals surface area contributed by atoms with Crippen LogP contribution >= 0.6 is 23.4 Å². The minimum Gasteiger partial charge on any atom is -0.399 e. The van der Waals surface area contributed by atoms with Gasteiger partial charge in [-0.25, -0.2) is 0 Å². The molecule has 88 valence electrons. The number of aryl methyl sites for hydroxylation is 1. The molecule has 0 aliphatic rings. The molecule has 0 spiro atoms. The van der Waals surface area contributed by atoms with Crippen molar-refractivity contribution in [1.82, 2.24) is 0 Å². The topological polar surface area (TPSA) is 26.0 Å². The Bertz CT molecular complexity index is 508. The smallest absolute Gasteiger partial charge is 0.0562 e. The van der Waals surface area contributed by atoms with E-state index in [1.807, 2.05) is 12.1 Å². The number of rotatable bonds is 3. The zero-order chi connectivity index (χ0) is 12.3. The van der Waals surface area contributed by atoms with Crippen LogP contribution in [0.25, 0.3) is 0 Å². The van der Waals surface area contributed by atoms with Crippen LogP contribution in [0.1, 0.15) is 11.1 Å². The lowest BCUT2D eigenvalue weighted by atomic mass is 10.2. The minimum absolute atomic E-state index is 0.703. The van der Waals surface area contributed by atoms with E-state index in [9.17, 15) is 0 Å². The molecule has 2 aromatic carbocycles. The molecule has 0 saturated carbocycles. The molecule has 0 bridgehead atoms. The first-order valence-electron chi connectivity index (χ1n) is 5.38. The molecule has 17 heavy (non-hydrogen) atoms. The molecule has 1 nitrogen and oxygen atoms in total. The lowest BCUT2D eigenvalue weighted by Gasteiger charge is -2.05. The minimum atomic E-state index is 0.703. The van der Waals surface area contributed by atoms with E-state index in [0.29, 0.717) is 5.69 Å². The maximum atomic E-state index is 6.12. The van der Waals surface area contributed by atoms with Crippen LogP contribution in [0.2, 0.25) is 5.02 Å². The summed E-state index contributed by atoms with van der Waals surface area (Å²) in [4.78, 5) is 1.07. The number of nitrogen functional groups attached to an aromatic ring is 1. The molecule has 0 amide bonds. The highest BCUT2D eigenvalue weighted by Gasteiger charge is 2.02. The number of nitrogens with two attached hydrogens (primary N) is 1. The molecular weight excluding hydrogens is 250 g/mol. The first-order valence-corrected chi connectivity index (χ1v) is 6.75. The Labute approximate surface area is 111 Å². The Morgan fingerprint density at radius 1 is 1.12 bits per heavy atom. The summed E-state index contributed by atoms with van der Waals surface area (Å²) in [5, 5.41) is 0.724. The molecular formula is C14H14ClNS. The fourth-order valence-electron chi connectivity index (χ4n) is 1.48. The van der Waals surface area contributed by atoms with Crippen molar-refractivity contribution in [2.75, 3.05) is 5.73 Å². The van der Waals surface area contributed by atoms with Crippen molar-refractivity contribution >= 4 is 29.1 Å². The maximum absolute atomic E-state index is 6.12. The highest BCUT2D eigenvalue weighted by molar-refractivity contribution is 7.98.